The number of aliphatic hydroxyl groups excluding tert-OH is 2. The standard InChI is InChI=1S/C8H14O2/c9-7-4-6-2-1-5(7)3-8(6)10/h5-10H,1-4H2/t5-,6-,7-,8+/m1/s1. The highest BCUT2D eigenvalue weighted by Crippen LogP contribution is 2.41. The van der Waals surface area contributed by atoms with E-state index in [9.17, 15) is 10.2 Å². The van der Waals surface area contributed by atoms with Crippen molar-refractivity contribution in [1.82, 2.24) is 0 Å². The van der Waals surface area contributed by atoms with Crippen LogP contribution in [0.25, 0.3) is 0 Å². The molecule has 0 aromatic rings. The van der Waals surface area contributed by atoms with Gasteiger partial charge in [0.2, 0.25) is 0 Å². The van der Waals surface area contributed by atoms with Gasteiger partial charge in [0.1, 0.15) is 0 Å². The summed E-state index contributed by atoms with van der Waals surface area (Å²) in [7, 11) is 0. The lowest BCUT2D eigenvalue weighted by atomic mass is 9.67. The minimum Gasteiger partial charge on any atom is -0.393 e. The van der Waals surface area contributed by atoms with Crippen LogP contribution < -0.4 is 0 Å². The zero-order valence-corrected chi connectivity index (χ0v) is 6.03. The molecule has 3 saturated carbocycles. The third-order valence-corrected chi connectivity index (χ3v) is 3.09. The van der Waals surface area contributed by atoms with Crippen LogP contribution >= 0.6 is 0 Å². The Bertz CT molecular complexity index is 119. The molecule has 3 fully saturated rings. The van der Waals surface area contributed by atoms with Crippen molar-refractivity contribution in [3.05, 3.63) is 0 Å². The summed E-state index contributed by atoms with van der Waals surface area (Å²) in [4.78, 5) is 0. The molecule has 3 rings (SSSR count). The maximum Gasteiger partial charge on any atom is 0.0573 e. The van der Waals surface area contributed by atoms with Crippen LogP contribution in [0, 0.1) is 11.8 Å². The van der Waals surface area contributed by atoms with Crippen LogP contribution in [0.5, 0.6) is 0 Å². The van der Waals surface area contributed by atoms with Gasteiger partial charge in [0, 0.05) is 0 Å². The molecule has 0 radical (unpaired) electrons. The molecule has 2 bridgehead atoms. The Balaban J connectivity index is 2.09. The first-order valence-corrected chi connectivity index (χ1v) is 4.13. The lowest BCUT2D eigenvalue weighted by Crippen LogP contribution is -2.43. The van der Waals surface area contributed by atoms with E-state index in [-0.39, 0.29) is 12.2 Å². The zero-order chi connectivity index (χ0) is 7.14. The Labute approximate surface area is 60.9 Å². The van der Waals surface area contributed by atoms with Gasteiger partial charge in [-0.25, -0.2) is 0 Å². The highest BCUT2D eigenvalue weighted by molar-refractivity contribution is 4.91. The van der Waals surface area contributed by atoms with Crippen LogP contribution in [0.3, 0.4) is 0 Å². The minimum absolute atomic E-state index is 0.109. The Morgan fingerprint density at radius 1 is 0.800 bits per heavy atom. The summed E-state index contributed by atoms with van der Waals surface area (Å²) in [6, 6.07) is 0. The predicted molar refractivity (Wildman–Crippen MR) is 37.5 cm³/mol. The molecule has 2 nitrogen and oxygen atoms in total. The molecule has 0 heterocycles. The average Bonchev–Trinajstić information content (AvgIpc) is 1.91. The van der Waals surface area contributed by atoms with Crippen LogP contribution in [-0.4, -0.2) is 22.4 Å². The number of aliphatic hydroxyl groups is 2. The highest BCUT2D eigenvalue weighted by Gasteiger charge is 2.39. The molecule has 2 N–H and O–H groups in total. The van der Waals surface area contributed by atoms with Gasteiger partial charge in [-0.05, 0) is 37.5 Å². The SMILES string of the molecule is O[C@@H]1C[C@H]2CC[C@@H]1C[C@@H]2O. The van der Waals surface area contributed by atoms with E-state index in [1.807, 2.05) is 0 Å². The van der Waals surface area contributed by atoms with Crippen molar-refractivity contribution in [3.63, 3.8) is 0 Å². The molecule has 2 heteroatoms. The van der Waals surface area contributed by atoms with E-state index < -0.39 is 0 Å². The first-order valence-electron chi connectivity index (χ1n) is 4.13. The van der Waals surface area contributed by atoms with Gasteiger partial charge in [-0.3, -0.25) is 0 Å². The van der Waals surface area contributed by atoms with Crippen molar-refractivity contribution in [1.29, 1.82) is 0 Å². The summed E-state index contributed by atoms with van der Waals surface area (Å²) in [6.07, 6.45) is 3.72. The highest BCUT2D eigenvalue weighted by atomic mass is 16.3. The monoisotopic (exact) mass is 142 g/mol. The molecule has 0 unspecified atom stereocenters. The minimum atomic E-state index is -0.109. The molecule has 3 aliphatic carbocycles. The van der Waals surface area contributed by atoms with Crippen LogP contribution in [-0.2, 0) is 0 Å². The van der Waals surface area contributed by atoms with E-state index in [1.54, 1.807) is 0 Å². The molecule has 4 atom stereocenters. The second kappa shape index (κ2) is 2.21. The van der Waals surface area contributed by atoms with Gasteiger partial charge < -0.3 is 10.2 Å². The molecule has 58 valence electrons. The van der Waals surface area contributed by atoms with E-state index in [0.717, 1.165) is 25.7 Å². The van der Waals surface area contributed by atoms with Crippen LogP contribution in [0.15, 0.2) is 0 Å². The van der Waals surface area contributed by atoms with Gasteiger partial charge in [-0.15, -0.1) is 0 Å². The van der Waals surface area contributed by atoms with Crippen LogP contribution in [0.4, 0.5) is 0 Å². The first kappa shape index (κ1) is 6.62. The third-order valence-electron chi connectivity index (χ3n) is 3.09. The molecule has 0 aliphatic heterocycles. The molecule has 0 aromatic carbocycles. The van der Waals surface area contributed by atoms with Crippen molar-refractivity contribution >= 4 is 0 Å². The van der Waals surface area contributed by atoms with Crippen molar-refractivity contribution in [3.8, 4) is 0 Å². The maximum absolute atomic E-state index is 9.41. The molecule has 0 spiro atoms. The number of hydrogen-bond donors (Lipinski definition) is 2. The van der Waals surface area contributed by atoms with Crippen molar-refractivity contribution in [2.75, 3.05) is 0 Å². The number of rotatable bonds is 0. The fourth-order valence-corrected chi connectivity index (χ4v) is 2.37. The van der Waals surface area contributed by atoms with Crippen molar-refractivity contribution in [2.24, 2.45) is 11.8 Å². The second-order valence-corrected chi connectivity index (χ2v) is 3.70. The quantitative estimate of drug-likeness (QED) is 0.518. The van der Waals surface area contributed by atoms with E-state index in [4.69, 9.17) is 0 Å². The molecule has 0 amide bonds. The third kappa shape index (κ3) is 0.867. The molecular weight excluding hydrogens is 128 g/mol. The van der Waals surface area contributed by atoms with Crippen LogP contribution in [0.2, 0.25) is 0 Å². The van der Waals surface area contributed by atoms with E-state index in [1.165, 1.54) is 0 Å². The molecular formula is C8H14O2. The van der Waals surface area contributed by atoms with Gasteiger partial charge in [0.05, 0.1) is 12.2 Å². The normalized spacial score (nSPS) is 53.4. The fraction of sp³-hybridized carbons (Fsp3) is 1.00. The molecule has 0 aromatic heterocycles. The summed E-state index contributed by atoms with van der Waals surface area (Å²) < 4.78 is 0. The summed E-state index contributed by atoms with van der Waals surface area (Å²) in [6.45, 7) is 0. The lowest BCUT2D eigenvalue weighted by molar-refractivity contribution is -0.0715. The predicted octanol–water partition coefficient (Wildman–Crippen LogP) is 0.528. The smallest absolute Gasteiger partial charge is 0.0573 e. The van der Waals surface area contributed by atoms with Gasteiger partial charge >= 0.3 is 0 Å². The van der Waals surface area contributed by atoms with Gasteiger partial charge in [-0.1, -0.05) is 0 Å². The largest absolute Gasteiger partial charge is 0.393 e. The van der Waals surface area contributed by atoms with Crippen molar-refractivity contribution < 1.29 is 10.2 Å². The van der Waals surface area contributed by atoms with Crippen LogP contribution in [0.1, 0.15) is 25.7 Å². The topological polar surface area (TPSA) is 40.5 Å². The zero-order valence-electron chi connectivity index (χ0n) is 6.03. The average molecular weight is 142 g/mol. The molecule has 0 saturated heterocycles. The van der Waals surface area contributed by atoms with E-state index in [2.05, 4.69) is 0 Å². The number of fused-ring (bicyclic) bond motifs is 3. The Morgan fingerprint density at radius 2 is 1.20 bits per heavy atom. The Kier molecular flexibility index (Phi) is 1.46. The molecule has 10 heavy (non-hydrogen) atoms. The summed E-state index contributed by atoms with van der Waals surface area (Å²) in [5.41, 5.74) is 0. The van der Waals surface area contributed by atoms with Gasteiger partial charge in [0.25, 0.3) is 0 Å². The summed E-state index contributed by atoms with van der Waals surface area (Å²) >= 11 is 0. The van der Waals surface area contributed by atoms with E-state index >= 15 is 0 Å². The van der Waals surface area contributed by atoms with Gasteiger partial charge in [-0.2, -0.15) is 0 Å². The van der Waals surface area contributed by atoms with E-state index in [0.29, 0.717) is 11.8 Å². The van der Waals surface area contributed by atoms with Crippen molar-refractivity contribution in [2.45, 2.75) is 37.9 Å². The molecule has 3 aliphatic rings. The van der Waals surface area contributed by atoms with Gasteiger partial charge in [0.15, 0.2) is 0 Å². The Morgan fingerprint density at radius 3 is 1.40 bits per heavy atom. The number of hydrogen-bond acceptors (Lipinski definition) is 2. The maximum atomic E-state index is 9.41. The second-order valence-electron chi connectivity index (χ2n) is 3.70. The Hall–Kier alpha value is -0.0800. The fourth-order valence-electron chi connectivity index (χ4n) is 2.37. The lowest BCUT2D eigenvalue weighted by Gasteiger charge is -2.42. The summed E-state index contributed by atoms with van der Waals surface area (Å²) in [5.74, 6) is 0.806. The summed E-state index contributed by atoms with van der Waals surface area (Å²) in [5, 5.41) is 18.8. The first-order chi connectivity index (χ1) is 4.77.